The molecule has 1 heterocycles. The molecule has 19 heavy (non-hydrogen) atoms. The average molecular weight is 321 g/mol. The first-order valence-corrected chi connectivity index (χ1v) is 6.90. The fourth-order valence-electron chi connectivity index (χ4n) is 1.91. The van der Waals surface area contributed by atoms with Crippen LogP contribution in [0.2, 0.25) is 0 Å². The Morgan fingerprint density at radius 3 is 2.53 bits per heavy atom. The van der Waals surface area contributed by atoms with Crippen molar-refractivity contribution in [3.63, 3.8) is 0 Å². The Labute approximate surface area is 122 Å². The molecule has 1 aromatic heterocycles. The van der Waals surface area contributed by atoms with Crippen LogP contribution in [0.25, 0.3) is 0 Å². The minimum atomic E-state index is 0.641. The Kier molecular flexibility index (Phi) is 4.43. The van der Waals surface area contributed by atoms with E-state index in [-0.39, 0.29) is 0 Å². The van der Waals surface area contributed by atoms with Crippen LogP contribution in [0.4, 0.5) is 5.69 Å². The summed E-state index contributed by atoms with van der Waals surface area (Å²) in [6, 6.07) is 10.0. The molecule has 4 heteroatoms. The maximum absolute atomic E-state index is 5.12. The maximum Gasteiger partial charge on any atom is 0.213 e. The van der Waals surface area contributed by atoms with E-state index in [0.29, 0.717) is 12.4 Å². The number of nitrogens with zero attached hydrogens (tertiary/aromatic N) is 1. The van der Waals surface area contributed by atoms with Crippen LogP contribution in [-0.2, 0) is 6.54 Å². The summed E-state index contributed by atoms with van der Waals surface area (Å²) in [5, 5.41) is 3.38. The maximum atomic E-state index is 5.12. The summed E-state index contributed by atoms with van der Waals surface area (Å²) in [5.74, 6) is 0.641. The molecule has 0 saturated heterocycles. The average Bonchev–Trinajstić information content (AvgIpc) is 2.42. The van der Waals surface area contributed by atoms with Crippen molar-refractivity contribution in [1.29, 1.82) is 0 Å². The zero-order valence-electron chi connectivity index (χ0n) is 11.3. The lowest BCUT2D eigenvalue weighted by molar-refractivity contribution is 0.396. The summed E-state index contributed by atoms with van der Waals surface area (Å²) in [6.07, 6.45) is 0. The minimum absolute atomic E-state index is 0.641. The fourth-order valence-corrected chi connectivity index (χ4v) is 2.14. The largest absolute Gasteiger partial charge is 0.481 e. The molecule has 2 rings (SSSR count). The highest BCUT2D eigenvalue weighted by molar-refractivity contribution is 9.10. The highest BCUT2D eigenvalue weighted by atomic mass is 79.9. The molecule has 0 radical (unpaired) electrons. The molecule has 1 aromatic carbocycles. The normalized spacial score (nSPS) is 10.3. The predicted octanol–water partition coefficient (Wildman–Crippen LogP) is 4.08. The van der Waals surface area contributed by atoms with Crippen molar-refractivity contribution in [2.75, 3.05) is 12.4 Å². The van der Waals surface area contributed by atoms with Crippen molar-refractivity contribution in [3.05, 3.63) is 51.6 Å². The molecule has 3 nitrogen and oxygen atoms in total. The SMILES string of the molecule is COc1cccc(CNc2cc(C)c(Br)c(C)c2)n1. The number of hydrogen-bond acceptors (Lipinski definition) is 3. The zero-order valence-corrected chi connectivity index (χ0v) is 12.9. The Bertz CT molecular complexity index is 561. The number of rotatable bonds is 4. The van der Waals surface area contributed by atoms with Gasteiger partial charge in [0.2, 0.25) is 5.88 Å². The van der Waals surface area contributed by atoms with E-state index in [9.17, 15) is 0 Å². The number of nitrogens with one attached hydrogen (secondary N) is 1. The quantitative estimate of drug-likeness (QED) is 0.921. The van der Waals surface area contributed by atoms with Gasteiger partial charge >= 0.3 is 0 Å². The van der Waals surface area contributed by atoms with E-state index in [1.807, 2.05) is 18.2 Å². The summed E-state index contributed by atoms with van der Waals surface area (Å²) in [5.41, 5.74) is 4.50. The predicted molar refractivity (Wildman–Crippen MR) is 81.7 cm³/mol. The molecule has 0 bridgehead atoms. The van der Waals surface area contributed by atoms with Crippen molar-refractivity contribution in [2.24, 2.45) is 0 Å². The fraction of sp³-hybridized carbons (Fsp3) is 0.267. The lowest BCUT2D eigenvalue weighted by atomic mass is 10.1. The van der Waals surface area contributed by atoms with Crippen LogP contribution in [0, 0.1) is 13.8 Å². The van der Waals surface area contributed by atoms with Gasteiger partial charge in [-0.2, -0.15) is 0 Å². The van der Waals surface area contributed by atoms with Crippen LogP contribution in [0.1, 0.15) is 16.8 Å². The number of ether oxygens (including phenoxy) is 1. The molecule has 1 N–H and O–H groups in total. The van der Waals surface area contributed by atoms with Crippen LogP contribution in [-0.4, -0.2) is 12.1 Å². The molecular formula is C15H17BrN2O. The van der Waals surface area contributed by atoms with Gasteiger partial charge in [-0.1, -0.05) is 22.0 Å². The molecule has 0 atom stereocenters. The number of aryl methyl sites for hydroxylation is 2. The molecule has 0 fully saturated rings. The summed E-state index contributed by atoms with van der Waals surface area (Å²) >= 11 is 3.57. The van der Waals surface area contributed by atoms with Crippen LogP contribution in [0.5, 0.6) is 5.88 Å². The second kappa shape index (κ2) is 6.06. The third kappa shape index (κ3) is 3.47. The second-order valence-electron chi connectivity index (χ2n) is 4.45. The van der Waals surface area contributed by atoms with Crippen LogP contribution in [0.15, 0.2) is 34.8 Å². The van der Waals surface area contributed by atoms with E-state index in [2.05, 4.69) is 52.2 Å². The standard InChI is InChI=1S/C15H17BrN2O/c1-10-7-13(8-11(2)15(10)16)17-9-12-5-4-6-14(18-12)19-3/h4-8,17H,9H2,1-3H3. The van der Waals surface area contributed by atoms with Gasteiger partial charge in [0.05, 0.1) is 19.3 Å². The van der Waals surface area contributed by atoms with E-state index in [1.54, 1.807) is 7.11 Å². The summed E-state index contributed by atoms with van der Waals surface area (Å²) in [6.45, 7) is 4.86. The van der Waals surface area contributed by atoms with Gasteiger partial charge in [-0.15, -0.1) is 0 Å². The Morgan fingerprint density at radius 1 is 1.21 bits per heavy atom. The van der Waals surface area contributed by atoms with Gasteiger partial charge in [-0.3, -0.25) is 0 Å². The zero-order chi connectivity index (χ0) is 13.8. The molecule has 2 aromatic rings. The number of benzene rings is 1. The van der Waals surface area contributed by atoms with Crippen LogP contribution in [0.3, 0.4) is 0 Å². The molecule has 0 aliphatic carbocycles. The lowest BCUT2D eigenvalue weighted by Crippen LogP contribution is -2.03. The van der Waals surface area contributed by atoms with E-state index >= 15 is 0 Å². The molecule has 0 amide bonds. The van der Waals surface area contributed by atoms with E-state index in [1.165, 1.54) is 11.1 Å². The van der Waals surface area contributed by atoms with Crippen molar-refractivity contribution in [3.8, 4) is 5.88 Å². The Hall–Kier alpha value is -1.55. The molecule has 0 unspecified atom stereocenters. The first-order valence-electron chi connectivity index (χ1n) is 6.10. The van der Waals surface area contributed by atoms with Gasteiger partial charge in [0.25, 0.3) is 0 Å². The third-order valence-electron chi connectivity index (χ3n) is 2.90. The smallest absolute Gasteiger partial charge is 0.213 e. The number of anilines is 1. The topological polar surface area (TPSA) is 34.1 Å². The summed E-state index contributed by atoms with van der Waals surface area (Å²) < 4.78 is 6.28. The summed E-state index contributed by atoms with van der Waals surface area (Å²) in [4.78, 5) is 4.37. The molecule has 0 aliphatic heterocycles. The van der Waals surface area contributed by atoms with Crippen molar-refractivity contribution < 1.29 is 4.74 Å². The van der Waals surface area contributed by atoms with E-state index < -0.39 is 0 Å². The molecule has 0 spiro atoms. The van der Waals surface area contributed by atoms with Gasteiger partial charge in [0, 0.05) is 16.2 Å². The van der Waals surface area contributed by atoms with Crippen LogP contribution >= 0.6 is 15.9 Å². The summed E-state index contributed by atoms with van der Waals surface area (Å²) in [7, 11) is 1.63. The van der Waals surface area contributed by atoms with Gasteiger partial charge in [-0.25, -0.2) is 4.98 Å². The second-order valence-corrected chi connectivity index (χ2v) is 5.24. The molecular weight excluding hydrogens is 304 g/mol. The van der Waals surface area contributed by atoms with E-state index in [4.69, 9.17) is 4.74 Å². The minimum Gasteiger partial charge on any atom is -0.481 e. The molecule has 0 saturated carbocycles. The van der Waals surface area contributed by atoms with Crippen molar-refractivity contribution in [2.45, 2.75) is 20.4 Å². The van der Waals surface area contributed by atoms with Crippen LogP contribution < -0.4 is 10.1 Å². The molecule has 100 valence electrons. The van der Waals surface area contributed by atoms with E-state index in [0.717, 1.165) is 15.9 Å². The number of methoxy groups -OCH3 is 1. The number of hydrogen-bond donors (Lipinski definition) is 1. The van der Waals surface area contributed by atoms with Crippen molar-refractivity contribution in [1.82, 2.24) is 4.98 Å². The highest BCUT2D eigenvalue weighted by Crippen LogP contribution is 2.25. The lowest BCUT2D eigenvalue weighted by Gasteiger charge is -2.10. The van der Waals surface area contributed by atoms with Gasteiger partial charge < -0.3 is 10.1 Å². The highest BCUT2D eigenvalue weighted by Gasteiger charge is 2.03. The monoisotopic (exact) mass is 320 g/mol. The Morgan fingerprint density at radius 2 is 1.89 bits per heavy atom. The first kappa shape index (κ1) is 13.9. The third-order valence-corrected chi connectivity index (χ3v) is 4.15. The number of aromatic nitrogens is 1. The Balaban J connectivity index is 2.10. The number of pyridine rings is 1. The van der Waals surface area contributed by atoms with Gasteiger partial charge in [0.1, 0.15) is 0 Å². The number of halogens is 1. The van der Waals surface area contributed by atoms with Gasteiger partial charge in [-0.05, 0) is 43.2 Å². The first-order chi connectivity index (χ1) is 9.10. The van der Waals surface area contributed by atoms with Crippen molar-refractivity contribution >= 4 is 21.6 Å². The van der Waals surface area contributed by atoms with Gasteiger partial charge in [0.15, 0.2) is 0 Å². The molecule has 0 aliphatic rings.